The Bertz CT molecular complexity index is 674. The van der Waals surface area contributed by atoms with Crippen molar-refractivity contribution in [2.45, 2.75) is 18.6 Å². The van der Waals surface area contributed by atoms with Gasteiger partial charge in [-0.05, 0) is 35.4 Å². The first kappa shape index (κ1) is 18.3. The van der Waals surface area contributed by atoms with Gasteiger partial charge < -0.3 is 20.9 Å². The van der Waals surface area contributed by atoms with E-state index in [-0.39, 0.29) is 6.42 Å². The first-order valence-electron chi connectivity index (χ1n) is 7.55. The fraction of sp³-hybridized carbons (Fsp3) is 0.278. The van der Waals surface area contributed by atoms with Crippen LogP contribution in [0.5, 0.6) is 5.75 Å². The minimum Gasteiger partial charge on any atom is -0.489 e. The third-order valence-electron chi connectivity index (χ3n) is 3.72. The maximum atomic E-state index is 11.8. The predicted molar refractivity (Wildman–Crippen MR) is 94.0 cm³/mol. The molecule has 0 aliphatic heterocycles. The largest absolute Gasteiger partial charge is 0.489 e. The third-order valence-corrected chi connectivity index (χ3v) is 3.98. The number of amides is 1. The molecule has 2 rings (SSSR count). The molecule has 4 N–H and O–H groups in total. The van der Waals surface area contributed by atoms with Gasteiger partial charge in [0.05, 0.1) is 6.61 Å². The zero-order valence-corrected chi connectivity index (χ0v) is 14.2. The number of carbonyl (C=O) groups excluding carboxylic acids is 1. The lowest BCUT2D eigenvalue weighted by Crippen LogP contribution is -2.57. The number of hydrogen-bond donors (Lipinski definition) is 3. The van der Waals surface area contributed by atoms with Crippen LogP contribution in [0, 0.1) is 0 Å². The summed E-state index contributed by atoms with van der Waals surface area (Å²) in [6.45, 7) is 0.00765. The van der Waals surface area contributed by atoms with Crippen LogP contribution in [-0.2, 0) is 17.8 Å². The fourth-order valence-electron chi connectivity index (χ4n) is 2.27. The Balaban J connectivity index is 1.97. The maximum absolute atomic E-state index is 11.8. The molecular formula is C18H21ClN2O3. The minimum atomic E-state index is -1.33. The van der Waals surface area contributed by atoms with Crippen LogP contribution in [0.3, 0.4) is 0 Å². The van der Waals surface area contributed by atoms with Crippen LogP contribution < -0.4 is 15.8 Å². The molecule has 1 amide bonds. The average Bonchev–Trinajstić information content (AvgIpc) is 2.61. The van der Waals surface area contributed by atoms with Gasteiger partial charge in [0.1, 0.15) is 17.9 Å². The van der Waals surface area contributed by atoms with Crippen LogP contribution in [0.25, 0.3) is 0 Å². The van der Waals surface area contributed by atoms with E-state index in [1.807, 2.05) is 48.5 Å². The molecule has 0 saturated carbocycles. The van der Waals surface area contributed by atoms with Gasteiger partial charge in [-0.15, -0.1) is 0 Å². The quantitative estimate of drug-likeness (QED) is 0.713. The highest BCUT2D eigenvalue weighted by atomic mass is 35.5. The summed E-state index contributed by atoms with van der Waals surface area (Å²) < 4.78 is 5.71. The molecule has 0 aliphatic rings. The molecule has 128 valence electrons. The van der Waals surface area contributed by atoms with Gasteiger partial charge in [-0.1, -0.05) is 35.9 Å². The van der Waals surface area contributed by atoms with Crippen LogP contribution in [0.2, 0.25) is 5.02 Å². The van der Waals surface area contributed by atoms with Crippen LogP contribution in [-0.4, -0.2) is 30.2 Å². The number of ether oxygens (including phenoxy) is 1. The average molecular weight is 349 g/mol. The minimum absolute atomic E-state index is 0.237. The highest BCUT2D eigenvalue weighted by molar-refractivity contribution is 6.30. The number of aliphatic hydroxyl groups is 1. The summed E-state index contributed by atoms with van der Waals surface area (Å²) in [5, 5.41) is 12.6. The summed E-state index contributed by atoms with van der Waals surface area (Å²) >= 11 is 5.85. The molecule has 2 aromatic rings. The molecule has 0 aliphatic carbocycles. The smallest absolute Gasteiger partial charge is 0.242 e. The SMILES string of the molecule is CNC(=O)C(N)(CO)Cc1ccc(OCc2ccc(Cl)cc2)cc1. The number of rotatable bonds is 7. The molecule has 0 saturated heterocycles. The highest BCUT2D eigenvalue weighted by Gasteiger charge is 2.32. The number of nitrogens with one attached hydrogen (secondary N) is 1. The molecule has 0 aromatic heterocycles. The number of nitrogens with two attached hydrogens (primary N) is 1. The van der Waals surface area contributed by atoms with Crippen LogP contribution in [0.15, 0.2) is 48.5 Å². The molecule has 0 bridgehead atoms. The maximum Gasteiger partial charge on any atom is 0.242 e. The predicted octanol–water partition coefficient (Wildman–Crippen LogP) is 1.90. The van der Waals surface area contributed by atoms with Gasteiger partial charge >= 0.3 is 0 Å². The van der Waals surface area contributed by atoms with Gasteiger partial charge in [-0.2, -0.15) is 0 Å². The monoisotopic (exact) mass is 348 g/mol. The molecule has 2 aromatic carbocycles. The van der Waals surface area contributed by atoms with Crippen molar-refractivity contribution in [1.82, 2.24) is 5.32 Å². The molecule has 0 spiro atoms. The lowest BCUT2D eigenvalue weighted by atomic mass is 9.91. The second-order valence-electron chi connectivity index (χ2n) is 5.63. The number of benzene rings is 2. The summed E-state index contributed by atoms with van der Waals surface area (Å²) in [5.41, 5.74) is 6.49. The lowest BCUT2D eigenvalue weighted by molar-refractivity contribution is -0.127. The number of aliphatic hydroxyl groups excluding tert-OH is 1. The van der Waals surface area contributed by atoms with E-state index in [2.05, 4.69) is 5.32 Å². The number of carbonyl (C=O) groups is 1. The van der Waals surface area contributed by atoms with Crippen molar-refractivity contribution in [3.63, 3.8) is 0 Å². The van der Waals surface area contributed by atoms with Gasteiger partial charge in [-0.25, -0.2) is 0 Å². The van der Waals surface area contributed by atoms with Crippen molar-refractivity contribution in [3.05, 3.63) is 64.7 Å². The Morgan fingerprint density at radius 3 is 2.29 bits per heavy atom. The van der Waals surface area contributed by atoms with Crippen LogP contribution in [0.1, 0.15) is 11.1 Å². The topological polar surface area (TPSA) is 84.6 Å². The van der Waals surface area contributed by atoms with E-state index in [4.69, 9.17) is 22.1 Å². The van der Waals surface area contributed by atoms with Gasteiger partial charge in [0.2, 0.25) is 5.91 Å². The number of halogens is 1. The van der Waals surface area contributed by atoms with Crippen molar-refractivity contribution in [1.29, 1.82) is 0 Å². The standard InChI is InChI=1S/C18H21ClN2O3/c1-21-17(23)18(20,12-22)10-13-4-8-16(9-5-13)24-11-14-2-6-15(19)7-3-14/h2-9,22H,10-12,20H2,1H3,(H,21,23). The summed E-state index contributed by atoms with van der Waals surface area (Å²) in [6.07, 6.45) is 0.237. The van der Waals surface area contributed by atoms with E-state index in [0.29, 0.717) is 17.4 Å². The van der Waals surface area contributed by atoms with E-state index in [9.17, 15) is 9.90 Å². The molecule has 0 heterocycles. The molecule has 0 fully saturated rings. The number of hydrogen-bond acceptors (Lipinski definition) is 4. The zero-order chi connectivity index (χ0) is 17.6. The van der Waals surface area contributed by atoms with Crippen LogP contribution >= 0.6 is 11.6 Å². The molecular weight excluding hydrogens is 328 g/mol. The van der Waals surface area contributed by atoms with E-state index in [1.165, 1.54) is 7.05 Å². The molecule has 1 atom stereocenters. The third kappa shape index (κ3) is 4.71. The molecule has 0 radical (unpaired) electrons. The Labute approximate surface area is 146 Å². The summed E-state index contributed by atoms with van der Waals surface area (Å²) in [4.78, 5) is 11.8. The van der Waals surface area contributed by atoms with Crippen molar-refractivity contribution >= 4 is 17.5 Å². The van der Waals surface area contributed by atoms with Crippen molar-refractivity contribution in [2.24, 2.45) is 5.73 Å². The second-order valence-corrected chi connectivity index (χ2v) is 6.07. The van der Waals surface area contributed by atoms with E-state index < -0.39 is 18.1 Å². The van der Waals surface area contributed by atoms with Gasteiger partial charge in [0.15, 0.2) is 0 Å². The lowest BCUT2D eigenvalue weighted by Gasteiger charge is -2.25. The van der Waals surface area contributed by atoms with Gasteiger partial charge in [-0.3, -0.25) is 4.79 Å². The summed E-state index contributed by atoms with van der Waals surface area (Å²) in [7, 11) is 1.49. The van der Waals surface area contributed by atoms with Gasteiger partial charge in [0, 0.05) is 18.5 Å². The molecule has 24 heavy (non-hydrogen) atoms. The normalized spacial score (nSPS) is 13.2. The Hall–Kier alpha value is -2.08. The second kappa shape index (κ2) is 8.15. The zero-order valence-electron chi connectivity index (χ0n) is 13.5. The Morgan fingerprint density at radius 2 is 1.75 bits per heavy atom. The van der Waals surface area contributed by atoms with E-state index in [0.717, 1.165) is 11.1 Å². The van der Waals surface area contributed by atoms with Crippen molar-refractivity contribution in [2.75, 3.05) is 13.7 Å². The highest BCUT2D eigenvalue weighted by Crippen LogP contribution is 2.18. The number of likely N-dealkylation sites (N-methyl/N-ethyl adjacent to an activating group) is 1. The summed E-state index contributed by atoms with van der Waals surface area (Å²) in [6, 6.07) is 14.7. The fourth-order valence-corrected chi connectivity index (χ4v) is 2.40. The van der Waals surface area contributed by atoms with Crippen molar-refractivity contribution < 1.29 is 14.6 Å². The van der Waals surface area contributed by atoms with E-state index in [1.54, 1.807) is 0 Å². The van der Waals surface area contributed by atoms with Crippen LogP contribution in [0.4, 0.5) is 0 Å². The van der Waals surface area contributed by atoms with Crippen molar-refractivity contribution in [3.8, 4) is 5.75 Å². The Kier molecular flexibility index (Phi) is 6.20. The van der Waals surface area contributed by atoms with E-state index >= 15 is 0 Å². The van der Waals surface area contributed by atoms with Gasteiger partial charge in [0.25, 0.3) is 0 Å². The first-order chi connectivity index (χ1) is 11.5. The molecule has 5 nitrogen and oxygen atoms in total. The molecule has 6 heteroatoms. The molecule has 1 unspecified atom stereocenters. The summed E-state index contributed by atoms with van der Waals surface area (Å²) in [5.74, 6) is 0.313. The Morgan fingerprint density at radius 1 is 1.17 bits per heavy atom. The first-order valence-corrected chi connectivity index (χ1v) is 7.93.